The molecular formula is C17H23N7O3. The van der Waals surface area contributed by atoms with Gasteiger partial charge in [-0.05, 0) is 0 Å². The van der Waals surface area contributed by atoms with Crippen LogP contribution in [0.5, 0.6) is 0 Å². The minimum atomic E-state index is -0.200. The van der Waals surface area contributed by atoms with Crippen LogP contribution in [-0.2, 0) is 22.4 Å². The fraction of sp³-hybridized carbons (Fsp3) is 0.529. The van der Waals surface area contributed by atoms with Crippen molar-refractivity contribution < 1.29 is 14.3 Å². The molecule has 0 bridgehead atoms. The Morgan fingerprint density at radius 1 is 1.33 bits per heavy atom. The molecule has 4 rings (SSSR count). The molecule has 0 aromatic carbocycles. The highest BCUT2D eigenvalue weighted by molar-refractivity contribution is 5.92. The van der Waals surface area contributed by atoms with Gasteiger partial charge in [-0.15, -0.1) is 0 Å². The molecule has 2 aliphatic rings. The predicted octanol–water partition coefficient (Wildman–Crippen LogP) is -0.538. The average molecular weight is 373 g/mol. The summed E-state index contributed by atoms with van der Waals surface area (Å²) in [6, 6.07) is 1.62. The van der Waals surface area contributed by atoms with Gasteiger partial charge in [-0.3, -0.25) is 4.79 Å². The summed E-state index contributed by atoms with van der Waals surface area (Å²) in [5, 5.41) is 2.96. The number of hydrogen-bond acceptors (Lipinski definition) is 8. The van der Waals surface area contributed by atoms with Crippen molar-refractivity contribution in [3.8, 4) is 0 Å². The van der Waals surface area contributed by atoms with Gasteiger partial charge in [0.1, 0.15) is 35.6 Å². The number of nitrogens with zero attached hydrogens (tertiary/aromatic N) is 5. The van der Waals surface area contributed by atoms with E-state index in [2.05, 4.69) is 25.2 Å². The molecule has 27 heavy (non-hydrogen) atoms. The molecule has 10 nitrogen and oxygen atoms in total. The molecule has 2 aliphatic heterocycles. The van der Waals surface area contributed by atoms with Crippen LogP contribution in [0.1, 0.15) is 16.3 Å². The smallest absolute Gasteiger partial charge is 0.271 e. The Morgan fingerprint density at radius 3 is 3.04 bits per heavy atom. The first-order valence-corrected chi connectivity index (χ1v) is 8.94. The zero-order chi connectivity index (χ0) is 18.8. The summed E-state index contributed by atoms with van der Waals surface area (Å²) < 4.78 is 12.7. The van der Waals surface area contributed by atoms with Crippen molar-refractivity contribution in [3.05, 3.63) is 30.1 Å². The molecule has 1 saturated heterocycles. The van der Waals surface area contributed by atoms with Gasteiger partial charge in [0, 0.05) is 45.4 Å². The van der Waals surface area contributed by atoms with Crippen molar-refractivity contribution in [2.45, 2.75) is 25.1 Å². The number of methoxy groups -OCH3 is 1. The molecule has 4 heterocycles. The van der Waals surface area contributed by atoms with Gasteiger partial charge in [-0.1, -0.05) is 0 Å². The lowest BCUT2D eigenvalue weighted by molar-refractivity contribution is 0.0684. The molecular weight excluding hydrogens is 350 g/mol. The lowest BCUT2D eigenvalue weighted by Gasteiger charge is -2.20. The van der Waals surface area contributed by atoms with Crippen LogP contribution in [0.4, 0.5) is 11.6 Å². The van der Waals surface area contributed by atoms with Crippen molar-refractivity contribution >= 4 is 17.5 Å². The van der Waals surface area contributed by atoms with Crippen molar-refractivity contribution in [1.29, 1.82) is 0 Å². The van der Waals surface area contributed by atoms with E-state index in [1.165, 1.54) is 6.33 Å². The largest absolute Gasteiger partial charge is 0.384 e. The normalized spacial score (nSPS) is 22.3. The van der Waals surface area contributed by atoms with Gasteiger partial charge in [0.25, 0.3) is 5.91 Å². The fourth-order valence-electron chi connectivity index (χ4n) is 3.44. The summed E-state index contributed by atoms with van der Waals surface area (Å²) in [5.74, 6) is 1.94. The Hall–Kier alpha value is -2.72. The van der Waals surface area contributed by atoms with Gasteiger partial charge in [0.15, 0.2) is 0 Å². The highest BCUT2D eigenvalue weighted by Gasteiger charge is 2.30. The van der Waals surface area contributed by atoms with Gasteiger partial charge >= 0.3 is 0 Å². The van der Waals surface area contributed by atoms with Gasteiger partial charge in [0.2, 0.25) is 0 Å². The first-order chi connectivity index (χ1) is 13.1. The van der Waals surface area contributed by atoms with Gasteiger partial charge in [-0.25, -0.2) is 15.0 Å². The molecule has 10 heteroatoms. The van der Waals surface area contributed by atoms with E-state index in [1.54, 1.807) is 19.4 Å². The van der Waals surface area contributed by atoms with Gasteiger partial charge < -0.3 is 30.0 Å². The van der Waals surface area contributed by atoms with E-state index in [1.807, 2.05) is 4.57 Å². The van der Waals surface area contributed by atoms with Crippen LogP contribution in [0.3, 0.4) is 0 Å². The number of imidazole rings is 1. The van der Waals surface area contributed by atoms with Crippen LogP contribution in [0, 0.1) is 0 Å². The van der Waals surface area contributed by atoms with E-state index in [-0.39, 0.29) is 18.1 Å². The molecule has 0 radical (unpaired) electrons. The third-order valence-corrected chi connectivity index (χ3v) is 4.95. The van der Waals surface area contributed by atoms with E-state index < -0.39 is 0 Å². The lowest BCUT2D eigenvalue weighted by atomic mass is 10.2. The number of nitrogen functional groups attached to an aromatic ring is 1. The number of hydrogen-bond donors (Lipinski definition) is 2. The SMILES string of the molecule is CO[C@@H]1COC[C@@H]1NC(=O)c1cn2c(n1)CCN(c1cc(N)ncn1)CC2. The van der Waals surface area contributed by atoms with Crippen molar-refractivity contribution in [2.24, 2.45) is 0 Å². The molecule has 2 aromatic heterocycles. The van der Waals surface area contributed by atoms with Crippen LogP contribution in [0.25, 0.3) is 0 Å². The highest BCUT2D eigenvalue weighted by Crippen LogP contribution is 2.17. The maximum absolute atomic E-state index is 12.5. The number of ether oxygens (including phenoxy) is 2. The third-order valence-electron chi connectivity index (χ3n) is 4.95. The van der Waals surface area contributed by atoms with Crippen molar-refractivity contribution in [1.82, 2.24) is 24.8 Å². The number of nitrogens with one attached hydrogen (secondary N) is 1. The van der Waals surface area contributed by atoms with Gasteiger partial charge in [0.05, 0.1) is 19.3 Å². The maximum Gasteiger partial charge on any atom is 0.271 e. The average Bonchev–Trinajstić information content (AvgIpc) is 3.24. The summed E-state index contributed by atoms with van der Waals surface area (Å²) in [5.41, 5.74) is 6.17. The Morgan fingerprint density at radius 2 is 2.22 bits per heavy atom. The van der Waals surface area contributed by atoms with Crippen LogP contribution >= 0.6 is 0 Å². The second-order valence-electron chi connectivity index (χ2n) is 6.67. The van der Waals surface area contributed by atoms with E-state index in [0.29, 0.717) is 37.7 Å². The monoisotopic (exact) mass is 373 g/mol. The third kappa shape index (κ3) is 3.71. The Bertz CT molecular complexity index is 799. The van der Waals surface area contributed by atoms with Crippen LogP contribution < -0.4 is 16.0 Å². The number of nitrogens with two attached hydrogens (primary N) is 1. The summed E-state index contributed by atoms with van der Waals surface area (Å²) in [4.78, 5) is 27.4. The summed E-state index contributed by atoms with van der Waals surface area (Å²) >= 11 is 0. The molecule has 0 saturated carbocycles. The Balaban J connectivity index is 1.42. The molecule has 2 aromatic rings. The fourth-order valence-corrected chi connectivity index (χ4v) is 3.44. The summed E-state index contributed by atoms with van der Waals surface area (Å²) in [7, 11) is 1.62. The second kappa shape index (κ2) is 7.49. The predicted molar refractivity (Wildman–Crippen MR) is 97.5 cm³/mol. The molecule has 144 valence electrons. The number of carbonyl (C=O) groups excluding carboxylic acids is 1. The standard InChI is InChI=1S/C17H23N7O3/c1-26-13-9-27-8-12(13)22-17(25)11-7-24-5-4-23(3-2-15(24)21-11)16-6-14(18)19-10-20-16/h6-7,10,12-13H,2-5,8-9H2,1H3,(H,22,25)(H2,18,19,20)/t12-,13+/m0/s1. The molecule has 1 fully saturated rings. The van der Waals surface area contributed by atoms with E-state index in [9.17, 15) is 4.79 Å². The van der Waals surface area contributed by atoms with Crippen LogP contribution in [-0.4, -0.2) is 71.0 Å². The van der Waals surface area contributed by atoms with Gasteiger partial charge in [-0.2, -0.15) is 0 Å². The highest BCUT2D eigenvalue weighted by atomic mass is 16.5. The number of amides is 1. The molecule has 2 atom stereocenters. The summed E-state index contributed by atoms with van der Waals surface area (Å²) in [6.07, 6.45) is 3.87. The van der Waals surface area contributed by atoms with Crippen LogP contribution in [0.15, 0.2) is 18.6 Å². The van der Waals surface area contributed by atoms with Crippen molar-refractivity contribution in [3.63, 3.8) is 0 Å². The number of rotatable bonds is 4. The minimum Gasteiger partial charge on any atom is -0.384 e. The number of anilines is 2. The number of aromatic nitrogens is 4. The molecule has 3 N–H and O–H groups in total. The maximum atomic E-state index is 12.5. The topological polar surface area (TPSA) is 120 Å². The van der Waals surface area contributed by atoms with E-state index in [4.69, 9.17) is 15.2 Å². The first kappa shape index (κ1) is 17.7. The summed E-state index contributed by atoms with van der Waals surface area (Å²) in [6.45, 7) is 3.16. The second-order valence-corrected chi connectivity index (χ2v) is 6.67. The first-order valence-electron chi connectivity index (χ1n) is 8.94. The number of fused-ring (bicyclic) bond motifs is 1. The molecule has 0 unspecified atom stereocenters. The molecule has 0 aliphatic carbocycles. The minimum absolute atomic E-state index is 0.122. The Kier molecular flexibility index (Phi) is 4.90. The zero-order valence-corrected chi connectivity index (χ0v) is 15.2. The lowest BCUT2D eigenvalue weighted by Crippen LogP contribution is -2.43. The quantitative estimate of drug-likeness (QED) is 0.733. The van der Waals surface area contributed by atoms with E-state index >= 15 is 0 Å². The van der Waals surface area contributed by atoms with Crippen molar-refractivity contribution in [2.75, 3.05) is 44.0 Å². The van der Waals surface area contributed by atoms with E-state index in [0.717, 1.165) is 24.7 Å². The molecule has 0 spiro atoms. The Labute approximate surface area is 156 Å². The van der Waals surface area contributed by atoms with Crippen LogP contribution in [0.2, 0.25) is 0 Å². The zero-order valence-electron chi connectivity index (χ0n) is 15.2. The molecule has 1 amide bonds. The number of carbonyl (C=O) groups is 1.